The lowest BCUT2D eigenvalue weighted by molar-refractivity contribution is 0.602. The van der Waals surface area contributed by atoms with Crippen molar-refractivity contribution in [3.05, 3.63) is 60.0 Å². The standard InChI is InChI=1S/C18H19N5O2S/c1-12-7-6-10-16(19-12)23-18-11-17(20-13(2)21-18)22-14-8-4-5-9-15(14)26(3,24)25/h4-11H,1-3H3,(H2,19,20,21,22,23). The molecule has 0 fully saturated rings. The molecule has 8 heteroatoms. The van der Waals surface area contributed by atoms with Crippen molar-refractivity contribution < 1.29 is 8.42 Å². The molecule has 0 aliphatic heterocycles. The maximum atomic E-state index is 12.0. The van der Waals surface area contributed by atoms with Crippen molar-refractivity contribution in [2.75, 3.05) is 16.9 Å². The van der Waals surface area contributed by atoms with Gasteiger partial charge in [0.15, 0.2) is 9.84 Å². The molecule has 0 amide bonds. The predicted octanol–water partition coefficient (Wildman–Crippen LogP) is 3.38. The highest BCUT2D eigenvalue weighted by molar-refractivity contribution is 7.90. The molecule has 0 saturated carbocycles. The summed E-state index contributed by atoms with van der Waals surface area (Å²) < 4.78 is 23.9. The third kappa shape index (κ3) is 4.34. The van der Waals surface area contributed by atoms with Crippen LogP contribution in [-0.2, 0) is 9.84 Å². The minimum absolute atomic E-state index is 0.214. The van der Waals surface area contributed by atoms with Crippen LogP contribution in [0.2, 0.25) is 0 Å². The van der Waals surface area contributed by atoms with Crippen molar-refractivity contribution in [1.29, 1.82) is 0 Å². The van der Waals surface area contributed by atoms with Gasteiger partial charge in [-0.25, -0.2) is 23.4 Å². The zero-order chi connectivity index (χ0) is 18.7. The normalized spacial score (nSPS) is 11.2. The molecule has 0 radical (unpaired) electrons. The first-order valence-electron chi connectivity index (χ1n) is 7.94. The van der Waals surface area contributed by atoms with E-state index in [9.17, 15) is 8.42 Å². The average Bonchev–Trinajstić information content (AvgIpc) is 2.54. The van der Waals surface area contributed by atoms with E-state index in [-0.39, 0.29) is 4.90 Å². The van der Waals surface area contributed by atoms with Crippen LogP contribution in [0.5, 0.6) is 0 Å². The second-order valence-electron chi connectivity index (χ2n) is 5.87. The van der Waals surface area contributed by atoms with E-state index in [4.69, 9.17) is 0 Å². The van der Waals surface area contributed by atoms with Crippen LogP contribution in [0.15, 0.2) is 53.4 Å². The van der Waals surface area contributed by atoms with Crippen LogP contribution in [0.4, 0.5) is 23.1 Å². The van der Waals surface area contributed by atoms with E-state index < -0.39 is 9.84 Å². The van der Waals surface area contributed by atoms with Crippen LogP contribution in [0.3, 0.4) is 0 Å². The van der Waals surface area contributed by atoms with Gasteiger partial charge in [-0.15, -0.1) is 0 Å². The van der Waals surface area contributed by atoms with E-state index in [0.717, 1.165) is 5.69 Å². The summed E-state index contributed by atoms with van der Waals surface area (Å²) in [6.07, 6.45) is 1.18. The Morgan fingerprint density at radius 3 is 2.19 bits per heavy atom. The van der Waals surface area contributed by atoms with E-state index in [2.05, 4.69) is 25.6 Å². The molecular weight excluding hydrogens is 350 g/mol. The van der Waals surface area contributed by atoms with E-state index in [0.29, 0.717) is 29.0 Å². The molecule has 0 bridgehead atoms. The number of nitrogens with one attached hydrogen (secondary N) is 2. The Morgan fingerprint density at radius 1 is 0.808 bits per heavy atom. The Morgan fingerprint density at radius 2 is 1.50 bits per heavy atom. The van der Waals surface area contributed by atoms with Gasteiger partial charge in [-0.2, -0.15) is 0 Å². The summed E-state index contributed by atoms with van der Waals surface area (Å²) in [7, 11) is -3.36. The van der Waals surface area contributed by atoms with E-state index in [1.807, 2.05) is 25.1 Å². The number of hydrogen-bond acceptors (Lipinski definition) is 7. The highest BCUT2D eigenvalue weighted by Gasteiger charge is 2.13. The highest BCUT2D eigenvalue weighted by Crippen LogP contribution is 2.25. The number of aryl methyl sites for hydroxylation is 2. The lowest BCUT2D eigenvalue weighted by Crippen LogP contribution is -2.05. The summed E-state index contributed by atoms with van der Waals surface area (Å²) >= 11 is 0. The zero-order valence-electron chi connectivity index (χ0n) is 14.7. The number of sulfone groups is 1. The number of anilines is 4. The Bertz CT molecular complexity index is 1050. The van der Waals surface area contributed by atoms with Crippen LogP contribution in [0, 0.1) is 13.8 Å². The fraction of sp³-hybridized carbons (Fsp3) is 0.167. The molecule has 7 nitrogen and oxygen atoms in total. The van der Waals surface area contributed by atoms with Crippen LogP contribution in [0.25, 0.3) is 0 Å². The van der Waals surface area contributed by atoms with Crippen molar-refractivity contribution in [3.63, 3.8) is 0 Å². The highest BCUT2D eigenvalue weighted by atomic mass is 32.2. The van der Waals surface area contributed by atoms with Gasteiger partial charge >= 0.3 is 0 Å². The molecule has 0 unspecified atom stereocenters. The van der Waals surface area contributed by atoms with Crippen molar-refractivity contribution in [2.45, 2.75) is 18.7 Å². The third-order valence-electron chi connectivity index (χ3n) is 3.53. The maximum Gasteiger partial charge on any atom is 0.177 e. The molecule has 0 saturated heterocycles. The smallest absolute Gasteiger partial charge is 0.177 e. The van der Waals surface area contributed by atoms with E-state index >= 15 is 0 Å². The fourth-order valence-electron chi connectivity index (χ4n) is 2.47. The van der Waals surface area contributed by atoms with Gasteiger partial charge in [-0.05, 0) is 38.1 Å². The minimum atomic E-state index is -3.36. The van der Waals surface area contributed by atoms with Crippen molar-refractivity contribution in [2.24, 2.45) is 0 Å². The second-order valence-corrected chi connectivity index (χ2v) is 7.85. The Labute approximate surface area is 152 Å². The van der Waals surface area contributed by atoms with Gasteiger partial charge < -0.3 is 10.6 Å². The first-order chi connectivity index (χ1) is 12.3. The first kappa shape index (κ1) is 17.8. The van der Waals surface area contributed by atoms with Crippen molar-refractivity contribution in [1.82, 2.24) is 15.0 Å². The Balaban J connectivity index is 1.92. The molecule has 1 aromatic carbocycles. The molecule has 0 aliphatic carbocycles. The number of para-hydroxylation sites is 1. The largest absolute Gasteiger partial charge is 0.339 e. The van der Waals surface area contributed by atoms with Gasteiger partial charge in [0.05, 0.1) is 10.6 Å². The minimum Gasteiger partial charge on any atom is -0.339 e. The summed E-state index contributed by atoms with van der Waals surface area (Å²) in [5.41, 5.74) is 1.36. The Hall–Kier alpha value is -3.00. The second kappa shape index (κ2) is 7.09. The van der Waals surface area contributed by atoms with Gasteiger partial charge in [0.2, 0.25) is 0 Å². The number of pyridine rings is 1. The SMILES string of the molecule is Cc1cccc(Nc2cc(Nc3ccccc3S(C)(=O)=O)nc(C)n2)n1. The molecule has 0 spiro atoms. The zero-order valence-corrected chi connectivity index (χ0v) is 15.5. The van der Waals surface area contributed by atoms with Crippen LogP contribution in [0.1, 0.15) is 11.5 Å². The number of benzene rings is 1. The molecule has 2 aromatic heterocycles. The Kier molecular flexibility index (Phi) is 4.85. The van der Waals surface area contributed by atoms with Gasteiger partial charge in [-0.3, -0.25) is 0 Å². The average molecular weight is 369 g/mol. The van der Waals surface area contributed by atoms with E-state index in [1.165, 1.54) is 6.26 Å². The summed E-state index contributed by atoms with van der Waals surface area (Å²) in [5, 5.41) is 6.20. The number of aromatic nitrogens is 3. The molecule has 3 rings (SSSR count). The lowest BCUT2D eigenvalue weighted by Gasteiger charge is -2.12. The van der Waals surface area contributed by atoms with Crippen LogP contribution >= 0.6 is 0 Å². The number of rotatable bonds is 5. The van der Waals surface area contributed by atoms with Gasteiger partial charge in [-0.1, -0.05) is 18.2 Å². The summed E-state index contributed by atoms with van der Waals surface area (Å²) in [6, 6.07) is 14.1. The van der Waals surface area contributed by atoms with Gasteiger partial charge in [0.1, 0.15) is 23.3 Å². The number of nitrogens with zero attached hydrogens (tertiary/aromatic N) is 3. The molecule has 3 aromatic rings. The summed E-state index contributed by atoms with van der Waals surface area (Å²) in [6.45, 7) is 3.67. The van der Waals surface area contributed by atoms with Gasteiger partial charge in [0, 0.05) is 18.0 Å². The molecular formula is C18H19N5O2S. The maximum absolute atomic E-state index is 12.0. The molecule has 26 heavy (non-hydrogen) atoms. The monoisotopic (exact) mass is 369 g/mol. The fourth-order valence-corrected chi connectivity index (χ4v) is 3.32. The van der Waals surface area contributed by atoms with Crippen LogP contribution in [-0.4, -0.2) is 29.6 Å². The van der Waals surface area contributed by atoms with Gasteiger partial charge in [0.25, 0.3) is 0 Å². The van der Waals surface area contributed by atoms with Crippen LogP contribution < -0.4 is 10.6 Å². The molecule has 2 heterocycles. The van der Waals surface area contributed by atoms with Crippen molar-refractivity contribution in [3.8, 4) is 0 Å². The van der Waals surface area contributed by atoms with E-state index in [1.54, 1.807) is 37.3 Å². The van der Waals surface area contributed by atoms with Crippen molar-refractivity contribution >= 4 is 33.0 Å². The first-order valence-corrected chi connectivity index (χ1v) is 9.83. The molecule has 0 atom stereocenters. The predicted molar refractivity (Wildman–Crippen MR) is 102 cm³/mol. The summed E-state index contributed by atoms with van der Waals surface area (Å²) in [4.78, 5) is 13.3. The molecule has 134 valence electrons. The summed E-state index contributed by atoms with van der Waals surface area (Å²) in [5.74, 6) is 2.27. The third-order valence-corrected chi connectivity index (χ3v) is 4.69. The topological polar surface area (TPSA) is 96.9 Å². The quantitative estimate of drug-likeness (QED) is 0.711. The lowest BCUT2D eigenvalue weighted by atomic mass is 10.3. The molecule has 2 N–H and O–H groups in total. The molecule has 0 aliphatic rings. The number of hydrogen-bond donors (Lipinski definition) is 2.